The molecule has 5 heteroatoms. The monoisotopic (exact) mass is 492 g/mol. The third-order valence-corrected chi connectivity index (χ3v) is 5.97. The number of ether oxygens (including phenoxy) is 3. The van der Waals surface area contributed by atoms with Crippen molar-refractivity contribution in [2.75, 3.05) is 26.2 Å². The molecule has 0 fully saturated rings. The van der Waals surface area contributed by atoms with Crippen LogP contribution in [0.5, 0.6) is 17.2 Å². The number of ketones is 1. The number of rotatable bonds is 8. The van der Waals surface area contributed by atoms with Crippen molar-refractivity contribution in [2.24, 2.45) is 0 Å². The summed E-state index contributed by atoms with van der Waals surface area (Å²) in [5.74, 6) is 2.30. The summed E-state index contributed by atoms with van der Waals surface area (Å²) in [5.41, 5.74) is 5.36. The van der Waals surface area contributed by atoms with Gasteiger partial charge in [0.15, 0.2) is 5.78 Å². The Balaban J connectivity index is 1.84. The van der Waals surface area contributed by atoms with Gasteiger partial charge in [0.1, 0.15) is 17.2 Å². The molecule has 32 heavy (non-hydrogen) atoms. The molecule has 0 N–H and O–H groups in total. The SMILES string of the molecule is COc1ccc2c(c1)CCC(c1ccccc1OC)=C2C(=O)c1ccc(OCCBr)cc1. The van der Waals surface area contributed by atoms with Gasteiger partial charge in [-0.2, -0.15) is 0 Å². The highest BCUT2D eigenvalue weighted by Crippen LogP contribution is 2.42. The third kappa shape index (κ3) is 4.44. The van der Waals surface area contributed by atoms with Crippen molar-refractivity contribution in [3.8, 4) is 17.2 Å². The first-order chi connectivity index (χ1) is 15.7. The molecule has 164 valence electrons. The topological polar surface area (TPSA) is 44.8 Å². The number of halogens is 1. The lowest BCUT2D eigenvalue weighted by Crippen LogP contribution is -2.13. The summed E-state index contributed by atoms with van der Waals surface area (Å²) in [6, 6.07) is 21.2. The number of aryl methyl sites for hydroxylation is 1. The van der Waals surface area contributed by atoms with Gasteiger partial charge in [-0.05, 0) is 72.0 Å². The molecule has 0 amide bonds. The normalized spacial score (nSPS) is 12.8. The largest absolute Gasteiger partial charge is 0.497 e. The van der Waals surface area contributed by atoms with Crippen molar-refractivity contribution in [1.29, 1.82) is 0 Å². The van der Waals surface area contributed by atoms with Gasteiger partial charge in [-0.25, -0.2) is 0 Å². The van der Waals surface area contributed by atoms with E-state index < -0.39 is 0 Å². The number of allylic oxidation sites excluding steroid dienone is 2. The van der Waals surface area contributed by atoms with Gasteiger partial charge in [0.05, 0.1) is 20.8 Å². The van der Waals surface area contributed by atoms with Crippen LogP contribution in [0.25, 0.3) is 11.1 Å². The van der Waals surface area contributed by atoms with Crippen LogP contribution < -0.4 is 14.2 Å². The van der Waals surface area contributed by atoms with Crippen LogP contribution in [-0.2, 0) is 6.42 Å². The Bertz CT molecular complexity index is 1150. The van der Waals surface area contributed by atoms with E-state index in [1.807, 2.05) is 66.7 Å². The summed E-state index contributed by atoms with van der Waals surface area (Å²) >= 11 is 3.36. The maximum Gasteiger partial charge on any atom is 0.193 e. The van der Waals surface area contributed by atoms with Gasteiger partial charge in [0.2, 0.25) is 0 Å². The van der Waals surface area contributed by atoms with Gasteiger partial charge >= 0.3 is 0 Å². The number of fused-ring (bicyclic) bond motifs is 1. The Hall–Kier alpha value is -3.05. The van der Waals surface area contributed by atoms with Crippen LogP contribution in [0, 0.1) is 0 Å². The van der Waals surface area contributed by atoms with E-state index in [0.717, 1.165) is 57.7 Å². The second kappa shape index (κ2) is 10.0. The molecule has 0 unspecified atom stereocenters. The zero-order valence-corrected chi connectivity index (χ0v) is 19.8. The zero-order valence-electron chi connectivity index (χ0n) is 18.2. The molecule has 4 nitrogen and oxygen atoms in total. The molecule has 0 bridgehead atoms. The van der Waals surface area contributed by atoms with Gasteiger partial charge in [-0.3, -0.25) is 4.79 Å². The van der Waals surface area contributed by atoms with Crippen molar-refractivity contribution in [1.82, 2.24) is 0 Å². The van der Waals surface area contributed by atoms with Crippen molar-refractivity contribution in [3.63, 3.8) is 0 Å². The molecule has 0 heterocycles. The fourth-order valence-corrected chi connectivity index (χ4v) is 4.28. The van der Waals surface area contributed by atoms with Gasteiger partial charge in [0.25, 0.3) is 0 Å². The number of alkyl halides is 1. The molecule has 0 aliphatic heterocycles. The summed E-state index contributed by atoms with van der Waals surface area (Å²) in [6.07, 6.45) is 1.57. The first kappa shape index (κ1) is 22.2. The quantitative estimate of drug-likeness (QED) is 0.276. The lowest BCUT2D eigenvalue weighted by Gasteiger charge is -2.25. The molecule has 0 saturated carbocycles. The Morgan fingerprint density at radius 2 is 1.62 bits per heavy atom. The second-order valence-corrected chi connectivity index (χ2v) is 8.26. The maximum absolute atomic E-state index is 13.8. The van der Waals surface area contributed by atoms with E-state index in [-0.39, 0.29) is 5.78 Å². The molecule has 1 aliphatic rings. The van der Waals surface area contributed by atoms with E-state index in [9.17, 15) is 4.79 Å². The number of methoxy groups -OCH3 is 2. The average Bonchev–Trinajstić information content (AvgIpc) is 2.86. The van der Waals surface area contributed by atoms with E-state index in [2.05, 4.69) is 15.9 Å². The number of hydrogen-bond donors (Lipinski definition) is 0. The predicted octanol–water partition coefficient (Wildman–Crippen LogP) is 6.22. The number of carbonyl (C=O) groups excluding carboxylic acids is 1. The number of para-hydroxylation sites is 1. The van der Waals surface area contributed by atoms with Gasteiger partial charge < -0.3 is 14.2 Å². The highest BCUT2D eigenvalue weighted by Gasteiger charge is 2.27. The number of carbonyl (C=O) groups is 1. The molecule has 3 aromatic rings. The average molecular weight is 493 g/mol. The van der Waals surface area contributed by atoms with Crippen LogP contribution in [0.15, 0.2) is 66.7 Å². The molecule has 0 aromatic heterocycles. The molecule has 3 aromatic carbocycles. The first-order valence-corrected chi connectivity index (χ1v) is 11.7. The Morgan fingerprint density at radius 1 is 0.875 bits per heavy atom. The smallest absolute Gasteiger partial charge is 0.193 e. The van der Waals surface area contributed by atoms with E-state index in [4.69, 9.17) is 14.2 Å². The Kier molecular flexibility index (Phi) is 6.96. The van der Waals surface area contributed by atoms with E-state index in [1.165, 1.54) is 0 Å². The van der Waals surface area contributed by atoms with E-state index in [1.54, 1.807) is 14.2 Å². The molecule has 0 radical (unpaired) electrons. The summed E-state index contributed by atoms with van der Waals surface area (Å²) in [7, 11) is 3.32. The van der Waals surface area contributed by atoms with Crippen LogP contribution in [0.1, 0.15) is 33.5 Å². The lowest BCUT2D eigenvalue weighted by atomic mass is 9.79. The maximum atomic E-state index is 13.8. The molecular weight excluding hydrogens is 468 g/mol. The van der Waals surface area contributed by atoms with Crippen LogP contribution in [0.4, 0.5) is 0 Å². The van der Waals surface area contributed by atoms with Crippen molar-refractivity contribution in [2.45, 2.75) is 12.8 Å². The van der Waals surface area contributed by atoms with Gasteiger partial charge in [0, 0.05) is 22.0 Å². The summed E-state index contributed by atoms with van der Waals surface area (Å²) in [5, 5.41) is 0.753. The summed E-state index contributed by atoms with van der Waals surface area (Å²) < 4.78 is 16.7. The molecule has 1 aliphatic carbocycles. The minimum atomic E-state index is -0.0101. The van der Waals surface area contributed by atoms with E-state index >= 15 is 0 Å². The van der Waals surface area contributed by atoms with Crippen LogP contribution in [0.2, 0.25) is 0 Å². The number of Topliss-reactive ketones (excluding diaryl/α,β-unsaturated/α-hetero) is 1. The number of hydrogen-bond acceptors (Lipinski definition) is 4. The standard InChI is InChI=1S/C27H25BrO4/c1-30-21-12-14-22-19(17-21)9-13-24(23-5-3-4-6-25(23)31-2)26(22)27(29)18-7-10-20(11-8-18)32-16-15-28/h3-8,10-12,14,17H,9,13,15-16H2,1-2H3. The van der Waals surface area contributed by atoms with E-state index in [0.29, 0.717) is 17.7 Å². The predicted molar refractivity (Wildman–Crippen MR) is 131 cm³/mol. The molecular formula is C27H25BrO4. The zero-order chi connectivity index (χ0) is 22.5. The Morgan fingerprint density at radius 3 is 2.34 bits per heavy atom. The highest BCUT2D eigenvalue weighted by atomic mass is 79.9. The third-order valence-electron chi connectivity index (χ3n) is 5.65. The van der Waals surface area contributed by atoms with Crippen LogP contribution >= 0.6 is 15.9 Å². The number of benzene rings is 3. The first-order valence-electron chi connectivity index (χ1n) is 10.5. The van der Waals surface area contributed by atoms with Gasteiger partial charge in [-0.15, -0.1) is 0 Å². The fourth-order valence-electron chi connectivity index (χ4n) is 4.12. The Labute approximate surface area is 197 Å². The van der Waals surface area contributed by atoms with Crippen molar-refractivity contribution in [3.05, 3.63) is 89.0 Å². The highest BCUT2D eigenvalue weighted by molar-refractivity contribution is 9.09. The minimum Gasteiger partial charge on any atom is -0.497 e. The molecule has 4 rings (SSSR count). The second-order valence-electron chi connectivity index (χ2n) is 7.47. The summed E-state index contributed by atoms with van der Waals surface area (Å²) in [6.45, 7) is 0.575. The van der Waals surface area contributed by atoms with Crippen LogP contribution in [0.3, 0.4) is 0 Å². The minimum absolute atomic E-state index is 0.0101. The van der Waals surface area contributed by atoms with Crippen molar-refractivity contribution >= 4 is 32.9 Å². The fraction of sp³-hybridized carbons (Fsp3) is 0.222. The van der Waals surface area contributed by atoms with Crippen molar-refractivity contribution < 1.29 is 19.0 Å². The molecule has 0 saturated heterocycles. The lowest BCUT2D eigenvalue weighted by molar-refractivity contribution is 0.105. The van der Waals surface area contributed by atoms with Crippen LogP contribution in [-0.4, -0.2) is 31.9 Å². The molecule has 0 atom stereocenters. The summed E-state index contributed by atoms with van der Waals surface area (Å²) in [4.78, 5) is 13.8. The molecule has 0 spiro atoms. The van der Waals surface area contributed by atoms with Gasteiger partial charge in [-0.1, -0.05) is 40.2 Å².